The van der Waals surface area contributed by atoms with Gasteiger partial charge in [0.2, 0.25) is 5.91 Å². The summed E-state index contributed by atoms with van der Waals surface area (Å²) in [6, 6.07) is 17.3. The molecule has 0 spiro atoms. The molecule has 1 amide bonds. The largest absolute Gasteiger partial charge is 0.318 e. The molecular weight excluding hydrogens is 413 g/mol. The minimum absolute atomic E-state index is 0.150. The van der Waals surface area contributed by atoms with Crippen molar-refractivity contribution in [2.24, 2.45) is 5.10 Å². The van der Waals surface area contributed by atoms with Gasteiger partial charge in [-0.25, -0.2) is 5.43 Å². The van der Waals surface area contributed by atoms with Crippen molar-refractivity contribution in [1.29, 1.82) is 0 Å². The number of carbonyl (C=O) groups is 1. The van der Waals surface area contributed by atoms with Crippen LogP contribution in [0.5, 0.6) is 0 Å². The minimum Gasteiger partial charge on any atom is -0.318 e. The van der Waals surface area contributed by atoms with Crippen LogP contribution in [0.25, 0.3) is 5.69 Å². The van der Waals surface area contributed by atoms with Crippen LogP contribution in [0.15, 0.2) is 64.6 Å². The molecule has 2 aromatic carbocycles. The Morgan fingerprint density at radius 1 is 1.11 bits per heavy atom. The third-order valence-corrected chi connectivity index (χ3v) is 5.89. The third-order valence-electron chi connectivity index (χ3n) is 4.14. The van der Waals surface area contributed by atoms with E-state index in [1.165, 1.54) is 11.8 Å². The zero-order chi connectivity index (χ0) is 20.1. The van der Waals surface area contributed by atoms with Gasteiger partial charge in [-0.3, -0.25) is 4.79 Å². The van der Waals surface area contributed by atoms with Crippen molar-refractivity contribution in [2.75, 3.05) is 5.75 Å². The second-order valence-corrected chi connectivity index (χ2v) is 8.02. The Labute approximate surface area is 178 Å². The molecule has 1 heterocycles. The summed E-state index contributed by atoms with van der Waals surface area (Å²) < 4.78 is 2.07. The molecule has 0 aliphatic carbocycles. The van der Waals surface area contributed by atoms with Crippen LogP contribution in [0.3, 0.4) is 0 Å². The van der Waals surface area contributed by atoms with Gasteiger partial charge in [-0.2, -0.15) is 5.10 Å². The van der Waals surface area contributed by atoms with Gasteiger partial charge < -0.3 is 4.57 Å². The molecule has 0 saturated carbocycles. The van der Waals surface area contributed by atoms with Crippen molar-refractivity contribution in [2.45, 2.75) is 18.7 Å². The Kier molecular flexibility index (Phi) is 6.83. The van der Waals surface area contributed by atoms with E-state index in [9.17, 15) is 4.79 Å². The molecule has 0 saturated heterocycles. The predicted molar refractivity (Wildman–Crippen MR) is 118 cm³/mol. The molecule has 28 heavy (non-hydrogen) atoms. The lowest BCUT2D eigenvalue weighted by Crippen LogP contribution is -2.19. The van der Waals surface area contributed by atoms with Gasteiger partial charge >= 0.3 is 0 Å². The highest BCUT2D eigenvalue weighted by Gasteiger charge is 2.11. The number of benzene rings is 2. The summed E-state index contributed by atoms with van der Waals surface area (Å²) in [5.41, 5.74) is 6.44. The van der Waals surface area contributed by atoms with Crippen LogP contribution in [-0.2, 0) is 4.79 Å². The number of nitrogens with zero attached hydrogens (tertiary/aromatic N) is 2. The number of thioether (sulfide) groups is 1. The van der Waals surface area contributed by atoms with E-state index in [4.69, 9.17) is 23.2 Å². The highest BCUT2D eigenvalue weighted by molar-refractivity contribution is 8.00. The Bertz CT molecular complexity index is 1020. The normalized spacial score (nSPS) is 11.1. The number of nitrogens with one attached hydrogen (secondary N) is 1. The van der Waals surface area contributed by atoms with E-state index >= 15 is 0 Å². The Balaban J connectivity index is 1.66. The maximum Gasteiger partial charge on any atom is 0.250 e. The number of amides is 1. The fourth-order valence-corrected chi connectivity index (χ4v) is 3.82. The number of halogens is 2. The Hall–Kier alpha value is -2.21. The van der Waals surface area contributed by atoms with Gasteiger partial charge in [-0.1, -0.05) is 41.4 Å². The average molecular weight is 432 g/mol. The number of aryl methyl sites for hydroxylation is 1. The SMILES string of the molecule is Cc1cc(/C=N\NC(=O)CSc2ccccc2)c(C)n1-c1ccc(Cl)c(Cl)c1. The van der Waals surface area contributed by atoms with E-state index < -0.39 is 0 Å². The fraction of sp³-hybridized carbons (Fsp3) is 0.143. The van der Waals surface area contributed by atoms with Gasteiger partial charge in [0.25, 0.3) is 0 Å². The summed E-state index contributed by atoms with van der Waals surface area (Å²) in [5.74, 6) is 0.160. The van der Waals surface area contributed by atoms with Gasteiger partial charge in [0.1, 0.15) is 0 Å². The standard InChI is InChI=1S/C21H19Cl2N3OS/c1-14-10-16(15(2)26(14)17-8-9-19(22)20(23)11-17)12-24-25-21(27)13-28-18-6-4-3-5-7-18/h3-12H,13H2,1-2H3,(H,25,27)/b24-12-. The quantitative estimate of drug-likeness (QED) is 0.311. The van der Waals surface area contributed by atoms with Gasteiger partial charge in [-0.05, 0) is 50.2 Å². The topological polar surface area (TPSA) is 46.4 Å². The summed E-state index contributed by atoms with van der Waals surface area (Å²) in [7, 11) is 0. The summed E-state index contributed by atoms with van der Waals surface area (Å²) in [6.45, 7) is 3.99. The lowest BCUT2D eigenvalue weighted by molar-refractivity contribution is -0.118. The lowest BCUT2D eigenvalue weighted by atomic mass is 10.2. The van der Waals surface area contributed by atoms with E-state index in [-0.39, 0.29) is 5.91 Å². The third kappa shape index (κ3) is 4.98. The molecule has 3 aromatic rings. The maximum atomic E-state index is 12.0. The smallest absolute Gasteiger partial charge is 0.250 e. The number of hydrogen-bond donors (Lipinski definition) is 1. The van der Waals surface area contributed by atoms with Gasteiger partial charge in [0.05, 0.1) is 22.0 Å². The monoisotopic (exact) mass is 431 g/mol. The molecule has 3 rings (SSSR count). The first-order valence-corrected chi connectivity index (χ1v) is 10.3. The van der Waals surface area contributed by atoms with E-state index in [0.29, 0.717) is 15.8 Å². The first kappa shape index (κ1) is 20.5. The molecule has 0 unspecified atom stereocenters. The van der Waals surface area contributed by atoms with Crippen molar-refractivity contribution in [1.82, 2.24) is 9.99 Å². The molecule has 0 aliphatic rings. The van der Waals surface area contributed by atoms with Crippen molar-refractivity contribution in [3.05, 3.63) is 81.6 Å². The highest BCUT2D eigenvalue weighted by atomic mass is 35.5. The van der Waals surface area contributed by atoms with Gasteiger partial charge in [-0.15, -0.1) is 11.8 Å². The molecule has 0 atom stereocenters. The lowest BCUT2D eigenvalue weighted by Gasteiger charge is -2.10. The molecule has 1 N–H and O–H groups in total. The maximum absolute atomic E-state index is 12.0. The van der Waals surface area contributed by atoms with E-state index in [1.807, 2.05) is 62.4 Å². The zero-order valence-corrected chi connectivity index (χ0v) is 17.8. The van der Waals surface area contributed by atoms with Crippen LogP contribution >= 0.6 is 35.0 Å². The molecule has 0 fully saturated rings. The summed E-state index contributed by atoms with van der Waals surface area (Å²) in [4.78, 5) is 13.0. The second-order valence-electron chi connectivity index (χ2n) is 6.16. The predicted octanol–water partition coefficient (Wildman–Crippen LogP) is 5.64. The molecule has 0 aliphatic heterocycles. The highest BCUT2D eigenvalue weighted by Crippen LogP contribution is 2.27. The number of hydrogen-bond acceptors (Lipinski definition) is 3. The van der Waals surface area contributed by atoms with Crippen LogP contribution in [-0.4, -0.2) is 22.4 Å². The van der Waals surface area contributed by atoms with Crippen molar-refractivity contribution in [3.63, 3.8) is 0 Å². The van der Waals surface area contributed by atoms with Gasteiger partial charge in [0, 0.05) is 27.5 Å². The minimum atomic E-state index is -0.150. The molecule has 4 nitrogen and oxygen atoms in total. The van der Waals surface area contributed by atoms with Crippen molar-refractivity contribution in [3.8, 4) is 5.69 Å². The zero-order valence-electron chi connectivity index (χ0n) is 15.4. The van der Waals surface area contributed by atoms with Crippen LogP contribution < -0.4 is 5.43 Å². The van der Waals surface area contributed by atoms with E-state index in [0.717, 1.165) is 27.5 Å². The molecule has 7 heteroatoms. The van der Waals surface area contributed by atoms with E-state index in [2.05, 4.69) is 15.1 Å². The summed E-state index contributed by atoms with van der Waals surface area (Å²) >= 11 is 13.6. The Morgan fingerprint density at radius 2 is 1.86 bits per heavy atom. The number of hydrazone groups is 1. The number of aromatic nitrogens is 1. The number of carbonyl (C=O) groups excluding carboxylic acids is 1. The fourth-order valence-electron chi connectivity index (χ4n) is 2.81. The second kappa shape index (κ2) is 9.32. The first-order valence-electron chi connectivity index (χ1n) is 8.60. The van der Waals surface area contributed by atoms with Crippen LogP contribution in [0.1, 0.15) is 17.0 Å². The van der Waals surface area contributed by atoms with Crippen LogP contribution in [0.4, 0.5) is 0 Å². The van der Waals surface area contributed by atoms with Crippen LogP contribution in [0, 0.1) is 13.8 Å². The van der Waals surface area contributed by atoms with E-state index in [1.54, 1.807) is 12.3 Å². The average Bonchev–Trinajstić information content (AvgIpc) is 2.97. The molecule has 0 bridgehead atoms. The van der Waals surface area contributed by atoms with Gasteiger partial charge in [0.15, 0.2) is 0 Å². The summed E-state index contributed by atoms with van der Waals surface area (Å²) in [5, 5.41) is 5.12. The first-order chi connectivity index (χ1) is 13.5. The van der Waals surface area contributed by atoms with Crippen molar-refractivity contribution < 1.29 is 4.79 Å². The summed E-state index contributed by atoms with van der Waals surface area (Å²) in [6.07, 6.45) is 1.65. The molecule has 144 valence electrons. The molecule has 1 aromatic heterocycles. The number of rotatable bonds is 6. The molecular formula is C21H19Cl2N3OS. The Morgan fingerprint density at radius 3 is 2.57 bits per heavy atom. The van der Waals surface area contributed by atoms with Crippen LogP contribution in [0.2, 0.25) is 10.0 Å². The molecule has 0 radical (unpaired) electrons. The van der Waals surface area contributed by atoms with Crippen molar-refractivity contribution >= 4 is 47.1 Å².